The summed E-state index contributed by atoms with van der Waals surface area (Å²) in [5, 5.41) is 0. The van der Waals surface area contributed by atoms with Crippen LogP contribution in [-0.2, 0) is 18.9 Å². The summed E-state index contributed by atoms with van der Waals surface area (Å²) < 4.78 is 25.0. The highest BCUT2D eigenvalue weighted by Gasteiger charge is 2.68. The van der Waals surface area contributed by atoms with Crippen molar-refractivity contribution >= 4 is 0 Å². The van der Waals surface area contributed by atoms with E-state index in [1.807, 2.05) is 0 Å². The van der Waals surface area contributed by atoms with Gasteiger partial charge in [-0.1, -0.05) is 18.6 Å². The van der Waals surface area contributed by atoms with Gasteiger partial charge < -0.3 is 18.9 Å². The number of rotatable bonds is 2. The zero-order valence-corrected chi connectivity index (χ0v) is 18.4. The van der Waals surface area contributed by atoms with Crippen molar-refractivity contribution in [1.82, 2.24) is 0 Å². The minimum atomic E-state index is -0.373. The first-order valence-corrected chi connectivity index (χ1v) is 12.3. The van der Waals surface area contributed by atoms with E-state index in [0.29, 0.717) is 17.8 Å². The fourth-order valence-electron chi connectivity index (χ4n) is 9.03. The van der Waals surface area contributed by atoms with Gasteiger partial charge in [0.2, 0.25) is 0 Å². The Hall–Kier alpha value is -0.860. The molecule has 0 radical (unpaired) electrons. The van der Waals surface area contributed by atoms with Crippen molar-refractivity contribution in [3.05, 3.63) is 11.6 Å². The molecule has 164 valence electrons. The summed E-state index contributed by atoms with van der Waals surface area (Å²) in [6.45, 7) is 5.34. The molecule has 4 heteroatoms. The van der Waals surface area contributed by atoms with Gasteiger partial charge >= 0.3 is 0 Å². The Bertz CT molecular complexity index is 768. The predicted octanol–water partition coefficient (Wildman–Crippen LogP) is 4.83. The first-order valence-electron chi connectivity index (χ1n) is 12.3. The maximum atomic E-state index is 6.38. The fourth-order valence-corrected chi connectivity index (χ4v) is 9.03. The molecule has 0 amide bonds. The smallest absolute Gasteiger partial charge is 0.174 e. The Labute approximate surface area is 181 Å². The average Bonchev–Trinajstić information content (AvgIpc) is 3.50. The van der Waals surface area contributed by atoms with E-state index in [-0.39, 0.29) is 22.4 Å². The molecule has 0 aromatic heterocycles. The van der Waals surface area contributed by atoms with E-state index in [4.69, 9.17) is 25.4 Å². The largest absolute Gasteiger partial charge is 0.347 e. The number of fused-ring (bicyclic) bond motifs is 6. The lowest BCUT2D eigenvalue weighted by atomic mass is 9.45. The average molecular weight is 413 g/mol. The SMILES string of the molecule is C#CC[C@]12CCC3(CC1=CC[C@@H]1[C@@H]2CC[C@@]2(CC)[C@H]1CCC21OCCO1)OCCO3. The molecule has 2 spiro atoms. The molecule has 3 saturated carbocycles. The Kier molecular flexibility index (Phi) is 4.50. The molecule has 2 heterocycles. The summed E-state index contributed by atoms with van der Waals surface area (Å²) in [5.41, 5.74) is 1.87. The molecule has 5 fully saturated rings. The van der Waals surface area contributed by atoms with Crippen LogP contribution in [0.3, 0.4) is 0 Å². The van der Waals surface area contributed by atoms with Crippen molar-refractivity contribution in [3.8, 4) is 12.3 Å². The first kappa shape index (κ1) is 19.8. The van der Waals surface area contributed by atoms with E-state index in [1.165, 1.54) is 25.7 Å². The molecule has 4 nitrogen and oxygen atoms in total. The summed E-state index contributed by atoms with van der Waals surface area (Å²) >= 11 is 0. The molecule has 0 aromatic rings. The van der Waals surface area contributed by atoms with Crippen molar-refractivity contribution in [2.24, 2.45) is 28.6 Å². The molecule has 4 aliphatic carbocycles. The van der Waals surface area contributed by atoms with Crippen LogP contribution in [0.4, 0.5) is 0 Å². The molecule has 0 bridgehead atoms. The van der Waals surface area contributed by atoms with Gasteiger partial charge in [-0.15, -0.1) is 12.3 Å². The maximum Gasteiger partial charge on any atom is 0.174 e. The number of ether oxygens (including phenoxy) is 4. The lowest BCUT2D eigenvalue weighted by Crippen LogP contribution is -2.57. The quantitative estimate of drug-likeness (QED) is 0.481. The topological polar surface area (TPSA) is 36.9 Å². The van der Waals surface area contributed by atoms with Gasteiger partial charge in [-0.25, -0.2) is 0 Å². The van der Waals surface area contributed by atoms with Crippen LogP contribution in [0.5, 0.6) is 0 Å². The second-order valence-corrected chi connectivity index (χ2v) is 10.7. The minimum Gasteiger partial charge on any atom is -0.347 e. The standard InChI is InChI=1S/C26H36O4/c1-3-9-23-12-13-25(27-14-15-28-25)18-19(23)5-6-20-21(23)7-10-24(4-2)22(20)8-11-26(24)29-16-17-30-26/h1,5,20-22H,4,6-18H2,2H3/t20-,21+,22+,23+,24+/m1/s1. The van der Waals surface area contributed by atoms with E-state index < -0.39 is 0 Å². The van der Waals surface area contributed by atoms with E-state index in [0.717, 1.165) is 65.0 Å². The van der Waals surface area contributed by atoms with Crippen molar-refractivity contribution in [2.45, 2.75) is 82.7 Å². The normalized spacial score (nSPS) is 45.6. The first-order chi connectivity index (χ1) is 14.6. The van der Waals surface area contributed by atoms with Gasteiger partial charge in [0, 0.05) is 36.5 Å². The van der Waals surface area contributed by atoms with Crippen LogP contribution >= 0.6 is 0 Å². The molecule has 2 aliphatic heterocycles. The molecule has 30 heavy (non-hydrogen) atoms. The highest BCUT2D eigenvalue weighted by molar-refractivity contribution is 5.30. The lowest BCUT2D eigenvalue weighted by Gasteiger charge is -2.60. The number of hydrogen-bond donors (Lipinski definition) is 0. The van der Waals surface area contributed by atoms with Crippen LogP contribution in [0.1, 0.15) is 71.1 Å². The van der Waals surface area contributed by atoms with Crippen molar-refractivity contribution in [2.75, 3.05) is 26.4 Å². The zero-order chi connectivity index (χ0) is 20.5. The zero-order valence-electron chi connectivity index (χ0n) is 18.4. The molecule has 0 aromatic carbocycles. The molecule has 2 saturated heterocycles. The Morgan fingerprint density at radius 2 is 1.70 bits per heavy atom. The van der Waals surface area contributed by atoms with Crippen molar-refractivity contribution in [3.63, 3.8) is 0 Å². The molecule has 0 N–H and O–H groups in total. The van der Waals surface area contributed by atoms with Crippen LogP contribution in [0, 0.1) is 40.9 Å². The molecule has 0 unspecified atom stereocenters. The maximum absolute atomic E-state index is 6.38. The van der Waals surface area contributed by atoms with Crippen molar-refractivity contribution < 1.29 is 18.9 Å². The fraction of sp³-hybridized carbons (Fsp3) is 0.846. The Morgan fingerprint density at radius 1 is 0.967 bits per heavy atom. The number of allylic oxidation sites excluding steroid dienone is 1. The Balaban J connectivity index is 1.36. The van der Waals surface area contributed by atoms with E-state index >= 15 is 0 Å². The highest BCUT2D eigenvalue weighted by atomic mass is 16.7. The van der Waals surface area contributed by atoms with Crippen molar-refractivity contribution in [1.29, 1.82) is 0 Å². The monoisotopic (exact) mass is 412 g/mol. The Morgan fingerprint density at radius 3 is 2.43 bits per heavy atom. The molecular weight excluding hydrogens is 376 g/mol. The summed E-state index contributed by atoms with van der Waals surface area (Å²) in [4.78, 5) is 0. The third kappa shape index (κ3) is 2.39. The van der Waals surface area contributed by atoms with Gasteiger partial charge in [-0.2, -0.15) is 0 Å². The molecule has 6 rings (SSSR count). The van der Waals surface area contributed by atoms with Crippen LogP contribution in [0.25, 0.3) is 0 Å². The van der Waals surface area contributed by atoms with Gasteiger partial charge in [0.1, 0.15) is 0 Å². The molecular formula is C26H36O4. The molecule has 5 atom stereocenters. The number of hydrogen-bond acceptors (Lipinski definition) is 4. The summed E-state index contributed by atoms with van der Waals surface area (Å²) in [5.74, 6) is 4.46. The van der Waals surface area contributed by atoms with Gasteiger partial charge in [0.25, 0.3) is 0 Å². The number of terminal acetylenes is 1. The lowest BCUT2D eigenvalue weighted by molar-refractivity contribution is -0.251. The predicted molar refractivity (Wildman–Crippen MR) is 113 cm³/mol. The van der Waals surface area contributed by atoms with Gasteiger partial charge in [0.15, 0.2) is 11.6 Å². The highest BCUT2D eigenvalue weighted by Crippen LogP contribution is 2.70. The van der Waals surface area contributed by atoms with Gasteiger partial charge in [-0.3, -0.25) is 0 Å². The van der Waals surface area contributed by atoms with Crippen LogP contribution in [0.15, 0.2) is 11.6 Å². The minimum absolute atomic E-state index is 0.144. The van der Waals surface area contributed by atoms with Gasteiger partial charge in [0.05, 0.1) is 26.4 Å². The van der Waals surface area contributed by atoms with E-state index in [1.54, 1.807) is 5.57 Å². The second kappa shape index (κ2) is 6.82. The molecule has 6 aliphatic rings. The summed E-state index contributed by atoms with van der Waals surface area (Å²) in [6, 6.07) is 0. The van der Waals surface area contributed by atoms with Crippen LogP contribution in [-0.4, -0.2) is 38.0 Å². The summed E-state index contributed by atoms with van der Waals surface area (Å²) in [7, 11) is 0. The van der Waals surface area contributed by atoms with Crippen LogP contribution in [0.2, 0.25) is 0 Å². The van der Waals surface area contributed by atoms with Gasteiger partial charge in [-0.05, 0) is 56.3 Å². The third-order valence-electron chi connectivity index (χ3n) is 10.2. The summed E-state index contributed by atoms with van der Waals surface area (Å²) in [6.07, 6.45) is 19.5. The van der Waals surface area contributed by atoms with Crippen LogP contribution < -0.4 is 0 Å². The van der Waals surface area contributed by atoms with E-state index in [2.05, 4.69) is 18.9 Å². The third-order valence-corrected chi connectivity index (χ3v) is 10.2. The second-order valence-electron chi connectivity index (χ2n) is 10.7. The van der Waals surface area contributed by atoms with E-state index in [9.17, 15) is 0 Å².